The summed E-state index contributed by atoms with van der Waals surface area (Å²) in [4.78, 5) is 2.47. The molecule has 0 aromatic heterocycles. The summed E-state index contributed by atoms with van der Waals surface area (Å²) in [7, 11) is 0. The van der Waals surface area contributed by atoms with Crippen molar-refractivity contribution in [3.05, 3.63) is 259 Å². The van der Waals surface area contributed by atoms with Crippen LogP contribution >= 0.6 is 0 Å². The third-order valence-corrected chi connectivity index (χ3v) is 11.3. The van der Waals surface area contributed by atoms with Crippen molar-refractivity contribution in [1.82, 2.24) is 0 Å². The average Bonchev–Trinajstić information content (AvgIpc) is 3.59. The highest BCUT2D eigenvalue weighted by molar-refractivity contribution is 5.92. The van der Waals surface area contributed by atoms with Crippen molar-refractivity contribution < 1.29 is 0 Å². The Bertz CT molecular complexity index is 2690. The average molecular weight is 714 g/mol. The van der Waals surface area contributed by atoms with Gasteiger partial charge in [-0.15, -0.1) is 0 Å². The van der Waals surface area contributed by atoms with Gasteiger partial charge in [-0.2, -0.15) is 0 Å². The topological polar surface area (TPSA) is 3.24 Å². The number of hydrogen-bond acceptors (Lipinski definition) is 1. The maximum Gasteiger partial charge on any atom is 0.0714 e. The van der Waals surface area contributed by atoms with E-state index in [0.29, 0.717) is 0 Å². The second kappa shape index (κ2) is 14.2. The minimum Gasteiger partial charge on any atom is -0.310 e. The first-order chi connectivity index (χ1) is 27.8. The van der Waals surface area contributed by atoms with E-state index >= 15 is 0 Å². The molecule has 10 rings (SSSR count). The molecule has 0 saturated carbocycles. The predicted octanol–water partition coefficient (Wildman–Crippen LogP) is 14.5. The molecule has 0 radical (unpaired) electrons. The maximum atomic E-state index is 2.47. The maximum absolute atomic E-state index is 2.47. The van der Waals surface area contributed by atoms with E-state index in [-0.39, 0.29) is 0 Å². The van der Waals surface area contributed by atoms with Crippen LogP contribution in [0.25, 0.3) is 44.5 Å². The monoisotopic (exact) mass is 713 g/mol. The molecule has 0 amide bonds. The zero-order valence-corrected chi connectivity index (χ0v) is 31.0. The molecule has 56 heavy (non-hydrogen) atoms. The van der Waals surface area contributed by atoms with Gasteiger partial charge in [0.25, 0.3) is 0 Å². The molecular weight excluding hydrogens is 675 g/mol. The number of benzene rings is 9. The molecule has 0 N–H and O–H groups in total. The molecule has 0 heterocycles. The lowest BCUT2D eigenvalue weighted by Crippen LogP contribution is -2.28. The van der Waals surface area contributed by atoms with Crippen molar-refractivity contribution in [1.29, 1.82) is 0 Å². The van der Waals surface area contributed by atoms with Crippen molar-refractivity contribution >= 4 is 17.1 Å². The lowest BCUT2D eigenvalue weighted by molar-refractivity contribution is 0.768. The van der Waals surface area contributed by atoms with Crippen molar-refractivity contribution in [3.63, 3.8) is 0 Å². The standard InChI is InChI=1S/C55H39N/c1-5-20-40(21-6-1)43-36-44(41-22-7-2-8-23-41)38-48(37-43)56(54-35-18-15-30-49(54)42-24-9-3-10-25-42)47-29-19-28-46(39-47)55(45-26-11-4-12-27-45)52-33-16-13-31-50(52)51-32-14-17-34-53(51)55/h1-39H. The van der Waals surface area contributed by atoms with Gasteiger partial charge in [0, 0.05) is 16.9 Å². The molecule has 9 aromatic rings. The first-order valence-corrected chi connectivity index (χ1v) is 19.3. The van der Waals surface area contributed by atoms with Crippen molar-refractivity contribution in [2.24, 2.45) is 0 Å². The van der Waals surface area contributed by atoms with E-state index in [4.69, 9.17) is 0 Å². The lowest BCUT2D eigenvalue weighted by Gasteiger charge is -2.35. The first-order valence-electron chi connectivity index (χ1n) is 19.3. The molecule has 9 aromatic carbocycles. The van der Waals surface area contributed by atoms with Gasteiger partial charge < -0.3 is 4.90 Å². The zero-order chi connectivity index (χ0) is 37.3. The summed E-state index contributed by atoms with van der Waals surface area (Å²) in [6.07, 6.45) is 0. The number of fused-ring (bicyclic) bond motifs is 3. The van der Waals surface area contributed by atoms with Crippen LogP contribution < -0.4 is 4.90 Å². The molecule has 0 fully saturated rings. The van der Waals surface area contributed by atoms with Gasteiger partial charge in [-0.05, 0) is 97.6 Å². The number of hydrogen-bond donors (Lipinski definition) is 0. The highest BCUT2D eigenvalue weighted by Crippen LogP contribution is 2.56. The fourth-order valence-electron chi connectivity index (χ4n) is 8.88. The Labute approximate surface area is 329 Å². The minimum absolute atomic E-state index is 0.518. The van der Waals surface area contributed by atoms with Gasteiger partial charge in [0.15, 0.2) is 0 Å². The Balaban J connectivity index is 1.27. The Morgan fingerprint density at radius 3 is 1.29 bits per heavy atom. The van der Waals surface area contributed by atoms with Gasteiger partial charge in [0.2, 0.25) is 0 Å². The largest absolute Gasteiger partial charge is 0.310 e. The van der Waals surface area contributed by atoms with E-state index in [9.17, 15) is 0 Å². The number of anilines is 3. The quantitative estimate of drug-likeness (QED) is 0.152. The molecule has 0 saturated heterocycles. The van der Waals surface area contributed by atoms with Crippen LogP contribution in [0.2, 0.25) is 0 Å². The summed E-state index contributed by atoms with van der Waals surface area (Å²) < 4.78 is 0. The summed E-state index contributed by atoms with van der Waals surface area (Å²) in [5.74, 6) is 0. The summed E-state index contributed by atoms with van der Waals surface area (Å²) in [5, 5.41) is 0. The Hall–Kier alpha value is -7.22. The molecule has 1 aliphatic rings. The van der Waals surface area contributed by atoms with Gasteiger partial charge >= 0.3 is 0 Å². The van der Waals surface area contributed by atoms with Gasteiger partial charge in [0.05, 0.1) is 11.1 Å². The second-order valence-electron chi connectivity index (χ2n) is 14.5. The first kappa shape index (κ1) is 33.4. The molecule has 1 aliphatic carbocycles. The van der Waals surface area contributed by atoms with Crippen LogP contribution in [0.15, 0.2) is 237 Å². The zero-order valence-electron chi connectivity index (χ0n) is 31.0. The van der Waals surface area contributed by atoms with E-state index < -0.39 is 5.41 Å². The molecule has 1 heteroatoms. The van der Waals surface area contributed by atoms with Crippen LogP contribution in [0.5, 0.6) is 0 Å². The minimum atomic E-state index is -0.518. The fraction of sp³-hybridized carbons (Fsp3) is 0.0182. The van der Waals surface area contributed by atoms with Crippen LogP contribution in [0.3, 0.4) is 0 Å². The smallest absolute Gasteiger partial charge is 0.0714 e. The molecule has 1 nitrogen and oxygen atoms in total. The van der Waals surface area contributed by atoms with Crippen LogP contribution in [-0.4, -0.2) is 0 Å². The van der Waals surface area contributed by atoms with Crippen molar-refractivity contribution in [2.75, 3.05) is 4.90 Å². The SMILES string of the molecule is c1ccc(-c2cc(-c3ccccc3)cc(N(c3cccc(C4(c5ccccc5)c5ccccc5-c5ccccc54)c3)c3ccccc3-c3ccccc3)c2)cc1. The predicted molar refractivity (Wildman–Crippen MR) is 235 cm³/mol. The van der Waals surface area contributed by atoms with E-state index in [2.05, 4.69) is 241 Å². The molecule has 0 bridgehead atoms. The lowest BCUT2D eigenvalue weighted by atomic mass is 9.67. The Morgan fingerprint density at radius 2 is 0.714 bits per heavy atom. The molecule has 0 unspecified atom stereocenters. The fourth-order valence-corrected chi connectivity index (χ4v) is 8.88. The van der Waals surface area contributed by atoms with E-state index in [1.54, 1.807) is 0 Å². The van der Waals surface area contributed by atoms with Gasteiger partial charge in [-0.3, -0.25) is 0 Å². The number of para-hydroxylation sites is 1. The highest BCUT2D eigenvalue weighted by Gasteiger charge is 2.46. The third-order valence-electron chi connectivity index (χ3n) is 11.3. The van der Waals surface area contributed by atoms with Gasteiger partial charge in [0.1, 0.15) is 0 Å². The van der Waals surface area contributed by atoms with Crippen LogP contribution in [0.1, 0.15) is 22.3 Å². The van der Waals surface area contributed by atoms with Gasteiger partial charge in [-0.25, -0.2) is 0 Å². The molecule has 0 atom stereocenters. The Kier molecular flexibility index (Phi) is 8.46. The van der Waals surface area contributed by atoms with Crippen molar-refractivity contribution in [3.8, 4) is 44.5 Å². The molecule has 0 spiro atoms. The number of rotatable bonds is 8. The van der Waals surface area contributed by atoms with Crippen LogP contribution in [0.4, 0.5) is 17.1 Å². The van der Waals surface area contributed by atoms with E-state index in [0.717, 1.165) is 17.1 Å². The normalized spacial score (nSPS) is 12.4. The Morgan fingerprint density at radius 1 is 0.268 bits per heavy atom. The number of nitrogens with zero attached hydrogens (tertiary/aromatic N) is 1. The molecule has 0 aliphatic heterocycles. The van der Waals surface area contributed by atoms with Crippen LogP contribution in [0, 0.1) is 0 Å². The second-order valence-corrected chi connectivity index (χ2v) is 14.5. The van der Waals surface area contributed by atoms with Gasteiger partial charge in [-0.1, -0.05) is 200 Å². The summed E-state index contributed by atoms with van der Waals surface area (Å²) in [6, 6.07) is 86.3. The molecular formula is C55H39N. The van der Waals surface area contributed by atoms with E-state index in [1.807, 2.05) is 0 Å². The molecule has 264 valence electrons. The third kappa shape index (κ3) is 5.65. The summed E-state index contributed by atoms with van der Waals surface area (Å²) in [6.45, 7) is 0. The van der Waals surface area contributed by atoms with E-state index in [1.165, 1.54) is 66.8 Å². The highest BCUT2D eigenvalue weighted by atomic mass is 15.1. The summed E-state index contributed by atoms with van der Waals surface area (Å²) >= 11 is 0. The summed E-state index contributed by atoms with van der Waals surface area (Å²) in [5.41, 5.74) is 17.5. The van der Waals surface area contributed by atoms with Crippen molar-refractivity contribution in [2.45, 2.75) is 5.41 Å². The van der Waals surface area contributed by atoms with Crippen LogP contribution in [-0.2, 0) is 5.41 Å².